The molecular formula is C34H32N2O2. The molecule has 2 unspecified atom stereocenters. The van der Waals surface area contributed by atoms with Crippen molar-refractivity contribution in [2.24, 2.45) is 0 Å². The van der Waals surface area contributed by atoms with Crippen LogP contribution in [-0.4, -0.2) is 33.1 Å². The van der Waals surface area contributed by atoms with Crippen molar-refractivity contribution >= 4 is 12.2 Å². The minimum Gasteiger partial charge on any atom is -0.508 e. The van der Waals surface area contributed by atoms with Crippen molar-refractivity contribution in [3.63, 3.8) is 0 Å². The maximum Gasteiger partial charge on any atom is 0.120 e. The van der Waals surface area contributed by atoms with Crippen LogP contribution >= 0.6 is 0 Å². The summed E-state index contributed by atoms with van der Waals surface area (Å²) >= 11 is 0. The van der Waals surface area contributed by atoms with E-state index < -0.39 is 0 Å². The molecule has 2 atom stereocenters. The van der Waals surface area contributed by atoms with Crippen molar-refractivity contribution in [2.45, 2.75) is 25.2 Å². The quantitative estimate of drug-likeness (QED) is 0.261. The molecule has 2 N–H and O–H groups in total. The molecule has 0 saturated carbocycles. The normalized spacial score (nSPS) is 17.3. The van der Waals surface area contributed by atoms with Gasteiger partial charge in [0.1, 0.15) is 11.5 Å². The second-order valence-corrected chi connectivity index (χ2v) is 10.1. The molecule has 0 saturated heterocycles. The fraction of sp³-hybridized carbons (Fsp3) is 0.176. The molecule has 0 spiro atoms. The summed E-state index contributed by atoms with van der Waals surface area (Å²) in [5, 5.41) is 21.2. The minimum absolute atomic E-state index is 0.129. The van der Waals surface area contributed by atoms with E-state index in [-0.39, 0.29) is 12.1 Å². The summed E-state index contributed by atoms with van der Waals surface area (Å²) in [6, 6.07) is 32.6. The van der Waals surface area contributed by atoms with Crippen molar-refractivity contribution in [1.82, 2.24) is 9.80 Å². The van der Waals surface area contributed by atoms with Crippen molar-refractivity contribution in [1.29, 1.82) is 0 Å². The second-order valence-electron chi connectivity index (χ2n) is 10.1. The predicted octanol–water partition coefficient (Wildman–Crippen LogP) is 6.94. The van der Waals surface area contributed by atoms with Crippen LogP contribution in [0.5, 0.6) is 11.5 Å². The number of phenolic OH excluding ortho intramolecular Hbond substituents is 2. The SMILES string of the molecule is Oc1ccccc1CN(CCN(Cc1ccccc1O)C1C=Cc2ccccc21)C1C=Cc2ccccc21. The molecule has 4 aromatic rings. The van der Waals surface area contributed by atoms with Gasteiger partial charge in [0.05, 0.1) is 12.1 Å². The van der Waals surface area contributed by atoms with Gasteiger partial charge in [-0.25, -0.2) is 0 Å². The van der Waals surface area contributed by atoms with Gasteiger partial charge in [-0.15, -0.1) is 0 Å². The van der Waals surface area contributed by atoms with Gasteiger partial charge in [-0.05, 0) is 34.4 Å². The molecule has 6 rings (SSSR count). The fourth-order valence-corrected chi connectivity index (χ4v) is 5.71. The molecule has 4 nitrogen and oxygen atoms in total. The summed E-state index contributed by atoms with van der Waals surface area (Å²) in [6.07, 6.45) is 8.94. The number of nitrogens with zero attached hydrogens (tertiary/aromatic N) is 2. The maximum absolute atomic E-state index is 10.6. The summed E-state index contributed by atoms with van der Waals surface area (Å²) in [5.74, 6) is 0.651. The van der Waals surface area contributed by atoms with Gasteiger partial charge in [-0.1, -0.05) is 109 Å². The van der Waals surface area contributed by atoms with Gasteiger partial charge >= 0.3 is 0 Å². The molecule has 4 aromatic carbocycles. The number of hydrogen-bond donors (Lipinski definition) is 2. The van der Waals surface area contributed by atoms with Gasteiger partial charge in [-0.2, -0.15) is 0 Å². The van der Waals surface area contributed by atoms with E-state index in [0.29, 0.717) is 24.6 Å². The summed E-state index contributed by atoms with van der Waals surface area (Å²) < 4.78 is 0. The van der Waals surface area contributed by atoms with Crippen LogP contribution in [0.3, 0.4) is 0 Å². The van der Waals surface area contributed by atoms with E-state index in [9.17, 15) is 10.2 Å². The topological polar surface area (TPSA) is 46.9 Å². The Hall–Kier alpha value is -4.12. The Kier molecular flexibility index (Phi) is 6.82. The number of hydrogen-bond acceptors (Lipinski definition) is 4. The standard InChI is InChI=1S/C34H32N2O2/c37-33-15-7-3-11-27(33)23-35(31-19-17-25-9-1-5-13-29(25)31)21-22-36(24-28-12-4-8-16-34(28)38)32-20-18-26-10-2-6-14-30(26)32/h1-20,31-32,37-38H,21-24H2. The van der Waals surface area contributed by atoms with Crippen LogP contribution in [0.1, 0.15) is 45.5 Å². The number of benzene rings is 4. The van der Waals surface area contributed by atoms with Crippen LogP contribution in [0, 0.1) is 0 Å². The second kappa shape index (κ2) is 10.7. The van der Waals surface area contributed by atoms with E-state index in [1.54, 1.807) is 12.1 Å². The first kappa shape index (κ1) is 24.2. The number of phenols is 2. The average molecular weight is 501 g/mol. The van der Waals surface area contributed by atoms with E-state index in [4.69, 9.17) is 0 Å². The number of fused-ring (bicyclic) bond motifs is 2. The molecule has 190 valence electrons. The molecule has 0 amide bonds. The highest BCUT2D eigenvalue weighted by atomic mass is 16.3. The molecule has 0 bridgehead atoms. The lowest BCUT2D eigenvalue weighted by Crippen LogP contribution is -2.37. The molecule has 0 fully saturated rings. The summed E-state index contributed by atoms with van der Waals surface area (Å²) in [5.41, 5.74) is 6.92. The van der Waals surface area contributed by atoms with E-state index in [1.807, 2.05) is 36.4 Å². The van der Waals surface area contributed by atoms with Gasteiger partial charge in [0.2, 0.25) is 0 Å². The van der Waals surface area contributed by atoms with E-state index in [1.165, 1.54) is 22.3 Å². The first-order valence-corrected chi connectivity index (χ1v) is 13.2. The number of para-hydroxylation sites is 2. The first-order valence-electron chi connectivity index (χ1n) is 13.2. The largest absolute Gasteiger partial charge is 0.508 e. The Bertz CT molecular complexity index is 1380. The third-order valence-corrected chi connectivity index (χ3v) is 7.74. The van der Waals surface area contributed by atoms with Crippen LogP contribution in [0.4, 0.5) is 0 Å². The van der Waals surface area contributed by atoms with E-state index >= 15 is 0 Å². The molecule has 0 aromatic heterocycles. The number of aromatic hydroxyl groups is 2. The highest BCUT2D eigenvalue weighted by Gasteiger charge is 2.28. The van der Waals surface area contributed by atoms with Gasteiger partial charge < -0.3 is 10.2 Å². The van der Waals surface area contributed by atoms with Crippen molar-refractivity contribution in [2.75, 3.05) is 13.1 Å². The molecule has 0 heterocycles. The van der Waals surface area contributed by atoms with Gasteiger partial charge in [0, 0.05) is 37.3 Å². The molecule has 0 aliphatic heterocycles. The third-order valence-electron chi connectivity index (χ3n) is 7.74. The average Bonchev–Trinajstić information content (AvgIpc) is 3.57. The number of rotatable bonds is 9. The molecule has 4 heteroatoms. The molecular weight excluding hydrogens is 468 g/mol. The van der Waals surface area contributed by atoms with Crippen molar-refractivity contribution in [3.05, 3.63) is 143 Å². The Morgan fingerprint density at radius 2 is 0.895 bits per heavy atom. The van der Waals surface area contributed by atoms with E-state index in [2.05, 4.69) is 82.6 Å². The lowest BCUT2D eigenvalue weighted by molar-refractivity contribution is 0.152. The summed E-state index contributed by atoms with van der Waals surface area (Å²) in [6.45, 7) is 2.85. The zero-order chi connectivity index (χ0) is 25.9. The lowest BCUT2D eigenvalue weighted by Gasteiger charge is -2.34. The van der Waals surface area contributed by atoms with Gasteiger partial charge in [-0.3, -0.25) is 9.80 Å². The minimum atomic E-state index is 0.129. The zero-order valence-corrected chi connectivity index (χ0v) is 21.3. The van der Waals surface area contributed by atoms with Crippen molar-refractivity contribution < 1.29 is 10.2 Å². The van der Waals surface area contributed by atoms with Crippen LogP contribution in [0.25, 0.3) is 12.2 Å². The Balaban J connectivity index is 1.31. The third kappa shape index (κ3) is 4.89. The lowest BCUT2D eigenvalue weighted by atomic mass is 10.0. The highest BCUT2D eigenvalue weighted by Crippen LogP contribution is 2.37. The van der Waals surface area contributed by atoms with Crippen LogP contribution in [-0.2, 0) is 13.1 Å². The van der Waals surface area contributed by atoms with Crippen molar-refractivity contribution in [3.8, 4) is 11.5 Å². The van der Waals surface area contributed by atoms with Crippen LogP contribution in [0.2, 0.25) is 0 Å². The Morgan fingerprint density at radius 3 is 1.34 bits per heavy atom. The maximum atomic E-state index is 10.6. The fourth-order valence-electron chi connectivity index (χ4n) is 5.71. The van der Waals surface area contributed by atoms with Gasteiger partial charge in [0.15, 0.2) is 0 Å². The smallest absolute Gasteiger partial charge is 0.120 e. The molecule has 2 aliphatic rings. The molecule has 38 heavy (non-hydrogen) atoms. The molecule has 2 aliphatic carbocycles. The van der Waals surface area contributed by atoms with Crippen LogP contribution < -0.4 is 0 Å². The monoisotopic (exact) mass is 500 g/mol. The Labute approximate surface area is 224 Å². The Morgan fingerprint density at radius 1 is 0.500 bits per heavy atom. The summed E-state index contributed by atoms with van der Waals surface area (Å²) in [7, 11) is 0. The predicted molar refractivity (Wildman–Crippen MR) is 153 cm³/mol. The zero-order valence-electron chi connectivity index (χ0n) is 21.3. The van der Waals surface area contributed by atoms with E-state index in [0.717, 1.165) is 24.2 Å². The van der Waals surface area contributed by atoms with Crippen LogP contribution in [0.15, 0.2) is 109 Å². The summed E-state index contributed by atoms with van der Waals surface area (Å²) in [4.78, 5) is 4.89. The van der Waals surface area contributed by atoms with Gasteiger partial charge in [0.25, 0.3) is 0 Å². The molecule has 0 radical (unpaired) electrons. The highest BCUT2D eigenvalue weighted by molar-refractivity contribution is 5.63. The first-order chi connectivity index (χ1) is 18.7.